The molecule has 5 heteroatoms. The van der Waals surface area contributed by atoms with Gasteiger partial charge in [0, 0.05) is 39.8 Å². The van der Waals surface area contributed by atoms with Crippen LogP contribution in [0.5, 0.6) is 0 Å². The average molecular weight is 474 g/mol. The topological polar surface area (TPSA) is 46.4 Å². The number of aromatic nitrogens is 1. The summed E-state index contributed by atoms with van der Waals surface area (Å²) in [6.07, 6.45) is 12.8. The molecule has 0 unspecified atom stereocenters. The first-order valence-electron chi connectivity index (χ1n) is 12.8. The molecule has 1 amide bonds. The normalized spacial score (nSPS) is 16.7. The number of aryl methyl sites for hydroxylation is 3. The summed E-state index contributed by atoms with van der Waals surface area (Å²) in [5.41, 5.74) is 7.63. The van der Waals surface area contributed by atoms with E-state index in [4.69, 9.17) is 4.99 Å². The Morgan fingerprint density at radius 1 is 1.03 bits per heavy atom. The molecule has 34 heavy (non-hydrogen) atoms. The molecule has 2 heterocycles. The summed E-state index contributed by atoms with van der Waals surface area (Å²) >= 11 is 1.80. The predicted molar refractivity (Wildman–Crippen MR) is 143 cm³/mol. The van der Waals surface area contributed by atoms with E-state index < -0.39 is 0 Å². The van der Waals surface area contributed by atoms with Gasteiger partial charge in [0.2, 0.25) is 0 Å². The van der Waals surface area contributed by atoms with E-state index in [2.05, 4.69) is 42.9 Å². The summed E-state index contributed by atoms with van der Waals surface area (Å²) in [6, 6.07) is 10.7. The molecule has 2 aliphatic carbocycles. The number of amides is 1. The fourth-order valence-corrected chi connectivity index (χ4v) is 6.92. The van der Waals surface area contributed by atoms with Crippen LogP contribution in [0, 0.1) is 20.8 Å². The summed E-state index contributed by atoms with van der Waals surface area (Å²) in [5.74, 6) is 0.00294. The minimum absolute atomic E-state index is 0.00294. The van der Waals surface area contributed by atoms with E-state index in [1.807, 2.05) is 24.3 Å². The van der Waals surface area contributed by atoms with Crippen molar-refractivity contribution in [1.82, 2.24) is 4.57 Å². The third-order valence-electron chi connectivity index (χ3n) is 7.36. The minimum Gasteiger partial charge on any atom is -0.322 e. The highest BCUT2D eigenvalue weighted by Gasteiger charge is 2.28. The van der Waals surface area contributed by atoms with Crippen LogP contribution >= 0.6 is 11.3 Å². The largest absolute Gasteiger partial charge is 0.322 e. The lowest BCUT2D eigenvalue weighted by Crippen LogP contribution is -2.17. The fourth-order valence-electron chi connectivity index (χ4n) is 5.42. The molecule has 1 saturated carbocycles. The summed E-state index contributed by atoms with van der Waals surface area (Å²) in [7, 11) is 0. The first-order chi connectivity index (χ1) is 16.5. The van der Waals surface area contributed by atoms with Crippen molar-refractivity contribution < 1.29 is 4.79 Å². The van der Waals surface area contributed by atoms with E-state index in [9.17, 15) is 4.79 Å². The van der Waals surface area contributed by atoms with E-state index in [0.29, 0.717) is 6.04 Å². The van der Waals surface area contributed by atoms with Gasteiger partial charge >= 0.3 is 0 Å². The van der Waals surface area contributed by atoms with E-state index in [1.54, 1.807) is 11.3 Å². The number of fused-ring (bicyclic) bond motifs is 1. The van der Waals surface area contributed by atoms with Gasteiger partial charge in [-0.3, -0.25) is 9.79 Å². The second-order valence-corrected chi connectivity index (χ2v) is 11.0. The Balaban J connectivity index is 1.51. The number of carbonyl (C=O) groups excluding carboxylic acids is 1. The van der Waals surface area contributed by atoms with Crippen molar-refractivity contribution in [1.29, 1.82) is 0 Å². The smallest absolute Gasteiger partial charge is 0.258 e. The average Bonchev–Trinajstić information content (AvgIpc) is 3.36. The number of carbonyl (C=O) groups is 1. The molecule has 0 bridgehead atoms. The molecule has 5 rings (SSSR count). The highest BCUT2D eigenvalue weighted by Crippen LogP contribution is 2.39. The van der Waals surface area contributed by atoms with Crippen LogP contribution in [0.25, 0.3) is 5.00 Å². The quantitative estimate of drug-likeness (QED) is 0.387. The van der Waals surface area contributed by atoms with Gasteiger partial charge in [0.05, 0.1) is 5.56 Å². The molecule has 0 aliphatic heterocycles. The zero-order chi connectivity index (χ0) is 23.7. The second-order valence-electron chi connectivity index (χ2n) is 9.94. The molecule has 0 spiro atoms. The number of rotatable bonds is 5. The molecule has 0 atom stereocenters. The second kappa shape index (κ2) is 9.91. The maximum atomic E-state index is 13.6. The van der Waals surface area contributed by atoms with Crippen LogP contribution in [0.4, 0.5) is 5.69 Å². The van der Waals surface area contributed by atoms with Gasteiger partial charge in [-0.05, 0) is 83.1 Å². The van der Waals surface area contributed by atoms with Crippen molar-refractivity contribution in [2.24, 2.45) is 4.99 Å². The summed E-state index contributed by atoms with van der Waals surface area (Å²) in [4.78, 5) is 20.0. The van der Waals surface area contributed by atoms with Crippen LogP contribution in [-0.4, -0.2) is 22.7 Å². The molecule has 1 fully saturated rings. The van der Waals surface area contributed by atoms with Crippen LogP contribution in [0.15, 0.2) is 35.3 Å². The van der Waals surface area contributed by atoms with Crippen molar-refractivity contribution in [3.63, 3.8) is 0 Å². The summed E-state index contributed by atoms with van der Waals surface area (Å²) in [6.45, 7) is 6.37. The minimum atomic E-state index is 0.00294. The fraction of sp³-hybridized carbons (Fsp3) is 0.448. The summed E-state index contributed by atoms with van der Waals surface area (Å²) < 4.78 is 2.29. The molecule has 2 aromatic heterocycles. The van der Waals surface area contributed by atoms with Gasteiger partial charge in [-0.2, -0.15) is 0 Å². The number of aliphatic imine (C=N–C) groups is 1. The number of hydrogen-bond donors (Lipinski definition) is 1. The maximum absolute atomic E-state index is 13.6. The van der Waals surface area contributed by atoms with Crippen molar-refractivity contribution in [2.45, 2.75) is 84.6 Å². The SMILES string of the molecule is Cc1ccc(NC(=O)c2c(-n3c(C)cc(C=NC4CCCCC4)c3C)sc3c2CCCC3)cc1. The van der Waals surface area contributed by atoms with Gasteiger partial charge in [0.25, 0.3) is 5.91 Å². The number of nitrogens with zero attached hydrogens (tertiary/aromatic N) is 2. The van der Waals surface area contributed by atoms with E-state index in [1.165, 1.54) is 65.8 Å². The van der Waals surface area contributed by atoms with Gasteiger partial charge in [-0.1, -0.05) is 37.0 Å². The van der Waals surface area contributed by atoms with Gasteiger partial charge in [0.15, 0.2) is 0 Å². The lowest BCUT2D eigenvalue weighted by molar-refractivity contribution is 0.102. The molecule has 178 valence electrons. The zero-order valence-electron chi connectivity index (χ0n) is 20.6. The van der Waals surface area contributed by atoms with Crippen molar-refractivity contribution in [2.75, 3.05) is 5.32 Å². The predicted octanol–water partition coefficient (Wildman–Crippen LogP) is 7.35. The Hall–Kier alpha value is -2.66. The molecular formula is C29H35N3OS. The first-order valence-corrected chi connectivity index (χ1v) is 13.6. The van der Waals surface area contributed by atoms with Gasteiger partial charge in [-0.15, -0.1) is 11.3 Å². The number of anilines is 1. The molecule has 1 N–H and O–H groups in total. The summed E-state index contributed by atoms with van der Waals surface area (Å²) in [5, 5.41) is 4.23. The van der Waals surface area contributed by atoms with Crippen LogP contribution < -0.4 is 5.32 Å². The Bertz CT molecular complexity index is 1210. The number of hydrogen-bond acceptors (Lipinski definition) is 3. The van der Waals surface area contributed by atoms with Gasteiger partial charge < -0.3 is 9.88 Å². The van der Waals surface area contributed by atoms with Crippen LogP contribution in [-0.2, 0) is 12.8 Å². The third-order valence-corrected chi connectivity index (χ3v) is 8.64. The molecule has 3 aromatic rings. The third kappa shape index (κ3) is 4.63. The first kappa shape index (κ1) is 23.1. The lowest BCUT2D eigenvalue weighted by atomic mass is 9.95. The van der Waals surface area contributed by atoms with Gasteiger partial charge in [0.1, 0.15) is 5.00 Å². The van der Waals surface area contributed by atoms with Gasteiger partial charge in [-0.25, -0.2) is 0 Å². The monoisotopic (exact) mass is 473 g/mol. The van der Waals surface area contributed by atoms with Crippen molar-refractivity contribution in [3.8, 4) is 5.00 Å². The highest BCUT2D eigenvalue weighted by atomic mass is 32.1. The van der Waals surface area contributed by atoms with Crippen LogP contribution in [0.1, 0.15) is 88.3 Å². The van der Waals surface area contributed by atoms with E-state index in [-0.39, 0.29) is 5.91 Å². The Morgan fingerprint density at radius 3 is 2.53 bits per heavy atom. The Labute approximate surface area is 207 Å². The molecule has 2 aliphatic rings. The van der Waals surface area contributed by atoms with Crippen LogP contribution in [0.3, 0.4) is 0 Å². The molecule has 4 nitrogen and oxygen atoms in total. The standard InChI is InChI=1S/C29H35N3OS/c1-19-13-15-24(16-14-19)31-28(33)27-25-11-7-8-12-26(25)34-29(27)32-20(2)17-22(21(32)3)18-30-23-9-5-4-6-10-23/h13-18,23H,4-12H2,1-3H3,(H,31,33). The van der Waals surface area contributed by atoms with E-state index in [0.717, 1.165) is 41.2 Å². The number of nitrogens with one attached hydrogen (secondary N) is 1. The lowest BCUT2D eigenvalue weighted by Gasteiger charge is -2.17. The number of benzene rings is 1. The van der Waals surface area contributed by atoms with Crippen molar-refractivity contribution >= 4 is 29.1 Å². The maximum Gasteiger partial charge on any atom is 0.258 e. The number of thiophene rings is 1. The molecule has 0 saturated heterocycles. The molecular weight excluding hydrogens is 438 g/mol. The van der Waals surface area contributed by atoms with Crippen molar-refractivity contribution in [3.05, 3.63) is 68.9 Å². The van der Waals surface area contributed by atoms with Crippen LogP contribution in [0.2, 0.25) is 0 Å². The molecule has 1 aromatic carbocycles. The Morgan fingerprint density at radius 2 is 1.76 bits per heavy atom. The highest BCUT2D eigenvalue weighted by molar-refractivity contribution is 7.15. The zero-order valence-corrected chi connectivity index (χ0v) is 21.4. The Kier molecular flexibility index (Phi) is 6.73. The molecule has 0 radical (unpaired) electrons. The van der Waals surface area contributed by atoms with E-state index >= 15 is 0 Å².